The van der Waals surface area contributed by atoms with Gasteiger partial charge in [-0.1, -0.05) is 23.3 Å². The molecule has 176 valence electrons. The van der Waals surface area contributed by atoms with Crippen molar-refractivity contribution in [2.45, 2.75) is 44.6 Å². The molecule has 1 amide bonds. The van der Waals surface area contributed by atoms with Crippen molar-refractivity contribution in [2.24, 2.45) is 0 Å². The van der Waals surface area contributed by atoms with Gasteiger partial charge in [0.15, 0.2) is 0 Å². The van der Waals surface area contributed by atoms with Crippen LogP contribution in [0.2, 0.25) is 5.02 Å². The molecule has 1 heterocycles. The van der Waals surface area contributed by atoms with Gasteiger partial charge in [0.1, 0.15) is 23.7 Å². The Morgan fingerprint density at radius 3 is 2.73 bits per heavy atom. The van der Waals surface area contributed by atoms with E-state index in [-0.39, 0.29) is 23.8 Å². The van der Waals surface area contributed by atoms with Gasteiger partial charge in [0, 0.05) is 39.8 Å². The molecular weight excluding hydrogens is 462 g/mol. The summed E-state index contributed by atoms with van der Waals surface area (Å²) in [6.45, 7) is 4.53. The third-order valence-corrected chi connectivity index (χ3v) is 6.82. The number of thioether (sulfide) groups is 1. The molecule has 8 heteroatoms. The van der Waals surface area contributed by atoms with Crippen LogP contribution < -0.4 is 10.1 Å². The van der Waals surface area contributed by atoms with Crippen molar-refractivity contribution in [2.75, 3.05) is 19.4 Å². The molecule has 0 spiro atoms. The number of hydrogen-bond donors (Lipinski definition) is 2. The van der Waals surface area contributed by atoms with Crippen molar-refractivity contribution < 1.29 is 24.2 Å². The smallest absolute Gasteiger partial charge is 0.342 e. The van der Waals surface area contributed by atoms with Crippen molar-refractivity contribution in [3.63, 3.8) is 0 Å². The molecular formula is C25H28ClNO5S. The third-order valence-electron chi connectivity index (χ3n) is 5.56. The lowest BCUT2D eigenvalue weighted by atomic mass is 9.94. The van der Waals surface area contributed by atoms with Gasteiger partial charge >= 0.3 is 5.97 Å². The Hall–Kier alpha value is -2.64. The Balaban J connectivity index is 1.50. The normalized spacial score (nSPS) is 13.0. The minimum atomic E-state index is -0.513. The highest BCUT2D eigenvalue weighted by Crippen LogP contribution is 2.42. The number of methoxy groups -OCH3 is 1. The zero-order valence-electron chi connectivity index (χ0n) is 19.0. The van der Waals surface area contributed by atoms with E-state index >= 15 is 0 Å². The van der Waals surface area contributed by atoms with Crippen LogP contribution in [0.25, 0.3) is 0 Å². The lowest BCUT2D eigenvalue weighted by molar-refractivity contribution is -0.120. The van der Waals surface area contributed by atoms with Crippen LogP contribution in [0.15, 0.2) is 40.8 Å². The van der Waals surface area contributed by atoms with E-state index in [0.29, 0.717) is 47.7 Å². The largest absolute Gasteiger partial charge is 0.507 e. The second-order valence-corrected chi connectivity index (χ2v) is 9.43. The maximum Gasteiger partial charge on any atom is 0.342 e. The molecule has 0 bridgehead atoms. The summed E-state index contributed by atoms with van der Waals surface area (Å²) < 4.78 is 10.6. The summed E-state index contributed by atoms with van der Waals surface area (Å²) in [6, 6.07) is 7.62. The predicted molar refractivity (Wildman–Crippen MR) is 130 cm³/mol. The Labute approximate surface area is 203 Å². The molecule has 0 aliphatic carbocycles. The van der Waals surface area contributed by atoms with Crippen molar-refractivity contribution in [1.82, 2.24) is 5.32 Å². The summed E-state index contributed by atoms with van der Waals surface area (Å²) in [4.78, 5) is 25.3. The van der Waals surface area contributed by atoms with E-state index < -0.39 is 5.97 Å². The number of carbonyl (C=O) groups excluding carboxylic acids is 2. The van der Waals surface area contributed by atoms with E-state index in [1.807, 2.05) is 44.2 Å². The van der Waals surface area contributed by atoms with Gasteiger partial charge in [0.2, 0.25) is 5.91 Å². The average Bonchev–Trinajstić information content (AvgIpc) is 3.19. The molecule has 0 radical (unpaired) electrons. The fourth-order valence-corrected chi connectivity index (χ4v) is 4.59. The van der Waals surface area contributed by atoms with E-state index in [0.717, 1.165) is 21.8 Å². The fraction of sp³-hybridized carbons (Fsp3) is 0.360. The summed E-state index contributed by atoms with van der Waals surface area (Å²) in [6.07, 6.45) is 3.33. The zero-order chi connectivity index (χ0) is 24.0. The molecule has 0 atom stereocenters. The standard InChI is InChI=1S/C25H28ClNO5S/c1-15(5-11-21(28)27-12-13-33-18-8-6-17(26)7-9-18)4-10-19-23(29)22-20(14-32-25(22)30)16(2)24(19)31-3/h4,6-9,29H,5,10-14H2,1-3H3,(H,27,28). The summed E-state index contributed by atoms with van der Waals surface area (Å²) in [5, 5.41) is 14.3. The number of esters is 1. The maximum atomic E-state index is 12.2. The van der Waals surface area contributed by atoms with Crippen LogP contribution in [0.4, 0.5) is 0 Å². The highest BCUT2D eigenvalue weighted by molar-refractivity contribution is 7.99. The molecule has 0 saturated carbocycles. The molecule has 6 nitrogen and oxygen atoms in total. The van der Waals surface area contributed by atoms with E-state index in [4.69, 9.17) is 21.1 Å². The Bertz CT molecular complexity index is 1070. The molecule has 1 aliphatic heterocycles. The van der Waals surface area contributed by atoms with Gasteiger partial charge < -0.3 is 19.9 Å². The minimum Gasteiger partial charge on any atom is -0.507 e. The highest BCUT2D eigenvalue weighted by Gasteiger charge is 2.31. The van der Waals surface area contributed by atoms with E-state index in [1.54, 1.807) is 18.9 Å². The molecule has 1 aliphatic rings. The highest BCUT2D eigenvalue weighted by atomic mass is 35.5. The number of nitrogens with one attached hydrogen (secondary N) is 1. The van der Waals surface area contributed by atoms with E-state index in [9.17, 15) is 14.7 Å². The Kier molecular flexibility index (Phi) is 8.69. The molecule has 2 aromatic rings. The number of ether oxygens (including phenoxy) is 2. The number of benzene rings is 2. The van der Waals surface area contributed by atoms with Gasteiger partial charge in [-0.3, -0.25) is 4.79 Å². The quantitative estimate of drug-likeness (QED) is 0.206. The first kappa shape index (κ1) is 25.0. The monoisotopic (exact) mass is 489 g/mol. The Morgan fingerprint density at radius 2 is 2.03 bits per heavy atom. The number of halogens is 1. The van der Waals surface area contributed by atoms with Gasteiger partial charge in [0.25, 0.3) is 0 Å². The van der Waals surface area contributed by atoms with Gasteiger partial charge in [-0.2, -0.15) is 0 Å². The number of phenolic OH excluding ortho intramolecular Hbond substituents is 1. The second kappa shape index (κ2) is 11.5. The molecule has 33 heavy (non-hydrogen) atoms. The lowest BCUT2D eigenvalue weighted by Crippen LogP contribution is -2.25. The van der Waals surface area contributed by atoms with Crippen LogP contribution in [0, 0.1) is 6.92 Å². The summed E-state index contributed by atoms with van der Waals surface area (Å²) >= 11 is 7.54. The zero-order valence-corrected chi connectivity index (χ0v) is 20.6. The van der Waals surface area contributed by atoms with Crippen LogP contribution in [0.3, 0.4) is 0 Å². The summed E-state index contributed by atoms with van der Waals surface area (Å²) in [5.74, 6) is 0.734. The van der Waals surface area contributed by atoms with Crippen molar-refractivity contribution in [1.29, 1.82) is 0 Å². The van der Waals surface area contributed by atoms with Crippen molar-refractivity contribution in [3.8, 4) is 11.5 Å². The van der Waals surface area contributed by atoms with E-state index in [2.05, 4.69) is 5.32 Å². The molecule has 0 saturated heterocycles. The number of allylic oxidation sites excluding steroid dienone is 2. The first-order valence-electron chi connectivity index (χ1n) is 10.7. The van der Waals surface area contributed by atoms with Crippen molar-refractivity contribution >= 4 is 35.2 Å². The number of aromatic hydroxyl groups is 1. The molecule has 0 fully saturated rings. The number of rotatable bonds is 10. The first-order chi connectivity index (χ1) is 15.8. The molecule has 3 rings (SSSR count). The van der Waals surface area contributed by atoms with Gasteiger partial charge in [-0.05, 0) is 56.5 Å². The second-order valence-electron chi connectivity index (χ2n) is 7.82. The van der Waals surface area contributed by atoms with E-state index in [1.165, 1.54) is 0 Å². The summed E-state index contributed by atoms with van der Waals surface area (Å²) in [7, 11) is 1.54. The third kappa shape index (κ3) is 6.24. The number of carbonyl (C=O) groups is 2. The average molecular weight is 490 g/mol. The number of fused-ring (bicyclic) bond motifs is 1. The summed E-state index contributed by atoms with van der Waals surface area (Å²) in [5.41, 5.74) is 3.27. The number of phenols is 1. The predicted octanol–water partition coefficient (Wildman–Crippen LogP) is 5.21. The molecule has 0 unspecified atom stereocenters. The Morgan fingerprint density at radius 1 is 1.30 bits per heavy atom. The van der Waals surface area contributed by atoms with Gasteiger partial charge in [-0.15, -0.1) is 11.8 Å². The van der Waals surface area contributed by atoms with Gasteiger partial charge in [0.05, 0.1) is 7.11 Å². The van der Waals surface area contributed by atoms with Crippen LogP contribution in [0.5, 0.6) is 11.5 Å². The first-order valence-corrected chi connectivity index (χ1v) is 12.1. The topological polar surface area (TPSA) is 84.9 Å². The van der Waals surface area contributed by atoms with Crippen molar-refractivity contribution in [3.05, 3.63) is 63.2 Å². The molecule has 0 aromatic heterocycles. The SMILES string of the molecule is COc1c(C)c2c(c(O)c1CC=C(C)CCC(=O)NCCSc1ccc(Cl)cc1)C(=O)OC2. The number of hydrogen-bond acceptors (Lipinski definition) is 6. The van der Waals surface area contributed by atoms with Gasteiger partial charge in [-0.25, -0.2) is 4.79 Å². The molecule has 2 N–H and O–H groups in total. The number of cyclic esters (lactones) is 1. The maximum absolute atomic E-state index is 12.2. The van der Waals surface area contributed by atoms with Crippen LogP contribution in [0.1, 0.15) is 46.8 Å². The van der Waals surface area contributed by atoms with Crippen LogP contribution in [-0.4, -0.2) is 36.4 Å². The minimum absolute atomic E-state index is 0.00370. The number of amides is 1. The lowest BCUT2D eigenvalue weighted by Gasteiger charge is -2.15. The van der Waals surface area contributed by atoms with Crippen LogP contribution >= 0.6 is 23.4 Å². The fourth-order valence-electron chi connectivity index (χ4n) is 3.70. The molecule has 2 aromatic carbocycles. The van der Waals surface area contributed by atoms with Crippen LogP contribution in [-0.2, 0) is 22.6 Å².